The average molecular weight is 505 g/mol. The van der Waals surface area contributed by atoms with Crippen LogP contribution in [0.25, 0.3) is 0 Å². The van der Waals surface area contributed by atoms with Gasteiger partial charge in [0.15, 0.2) is 0 Å². The fraction of sp³-hybridized carbons (Fsp3) is 0.750. The average Bonchev–Trinajstić information content (AvgIpc) is 2.85. The summed E-state index contributed by atoms with van der Waals surface area (Å²) in [5, 5.41) is 8.68. The molecule has 0 aliphatic carbocycles. The van der Waals surface area contributed by atoms with Crippen molar-refractivity contribution in [3.63, 3.8) is 0 Å². The molecule has 1 N–H and O–H groups in total. The molecule has 0 radical (unpaired) electrons. The van der Waals surface area contributed by atoms with Crippen molar-refractivity contribution in [2.45, 2.75) is 155 Å². The van der Waals surface area contributed by atoms with Crippen LogP contribution in [0.4, 0.5) is 0 Å². The number of unbranched alkanes of at least 4 members (excludes halogenated alkanes) is 15. The SMILES string of the molecule is CC/C=C\C/C=C\[C@@H](/C=C\CCCCCCCC(=O)O)OC(=O)CCCCCCCCCCCCC. The number of carboxylic acid groups (broad SMARTS) is 1. The van der Waals surface area contributed by atoms with E-state index in [4.69, 9.17) is 9.84 Å². The monoisotopic (exact) mass is 504 g/mol. The lowest BCUT2D eigenvalue weighted by atomic mass is 10.1. The zero-order valence-electron chi connectivity index (χ0n) is 23.6. The van der Waals surface area contributed by atoms with Crippen LogP contribution in [0.1, 0.15) is 149 Å². The van der Waals surface area contributed by atoms with Gasteiger partial charge in [0.25, 0.3) is 0 Å². The van der Waals surface area contributed by atoms with Crippen molar-refractivity contribution in [1.82, 2.24) is 0 Å². The molecule has 0 unspecified atom stereocenters. The normalized spacial score (nSPS) is 12.7. The van der Waals surface area contributed by atoms with Crippen molar-refractivity contribution >= 4 is 11.9 Å². The highest BCUT2D eigenvalue weighted by Gasteiger charge is 2.08. The highest BCUT2D eigenvalue weighted by molar-refractivity contribution is 5.69. The second-order valence-corrected chi connectivity index (χ2v) is 9.91. The zero-order valence-corrected chi connectivity index (χ0v) is 23.6. The molecule has 0 spiro atoms. The maximum Gasteiger partial charge on any atom is 0.306 e. The van der Waals surface area contributed by atoms with E-state index < -0.39 is 5.97 Å². The minimum absolute atomic E-state index is 0.104. The number of carbonyl (C=O) groups is 2. The van der Waals surface area contributed by atoms with Crippen LogP contribution in [0.15, 0.2) is 36.5 Å². The van der Waals surface area contributed by atoms with E-state index in [-0.39, 0.29) is 18.5 Å². The van der Waals surface area contributed by atoms with Gasteiger partial charge in [-0.05, 0) is 50.7 Å². The number of carbonyl (C=O) groups excluding carboxylic acids is 1. The molecule has 0 saturated carbocycles. The first-order chi connectivity index (χ1) is 17.6. The van der Waals surface area contributed by atoms with Gasteiger partial charge in [0, 0.05) is 12.8 Å². The summed E-state index contributed by atoms with van der Waals surface area (Å²) in [5.74, 6) is -0.812. The lowest BCUT2D eigenvalue weighted by Gasteiger charge is -2.11. The van der Waals surface area contributed by atoms with Crippen molar-refractivity contribution in [2.24, 2.45) is 0 Å². The molecule has 0 aliphatic heterocycles. The van der Waals surface area contributed by atoms with Crippen LogP contribution in [0.5, 0.6) is 0 Å². The maximum absolute atomic E-state index is 12.4. The Labute approximate surface area is 222 Å². The highest BCUT2D eigenvalue weighted by Crippen LogP contribution is 2.13. The Balaban J connectivity index is 4.11. The fourth-order valence-electron chi connectivity index (χ4n) is 4.14. The van der Waals surface area contributed by atoms with E-state index in [2.05, 4.69) is 38.2 Å². The Morgan fingerprint density at radius 1 is 0.639 bits per heavy atom. The number of ether oxygens (including phenoxy) is 1. The zero-order chi connectivity index (χ0) is 26.5. The fourth-order valence-corrected chi connectivity index (χ4v) is 4.14. The quantitative estimate of drug-likeness (QED) is 0.0723. The van der Waals surface area contributed by atoms with Gasteiger partial charge < -0.3 is 9.84 Å². The maximum atomic E-state index is 12.4. The smallest absolute Gasteiger partial charge is 0.306 e. The predicted octanol–water partition coefficient (Wildman–Crippen LogP) is 9.88. The number of carboxylic acids is 1. The minimum atomic E-state index is -0.708. The van der Waals surface area contributed by atoms with Gasteiger partial charge in [-0.25, -0.2) is 0 Å². The predicted molar refractivity (Wildman–Crippen MR) is 153 cm³/mol. The van der Waals surface area contributed by atoms with Gasteiger partial charge in [-0.2, -0.15) is 0 Å². The first-order valence-corrected chi connectivity index (χ1v) is 15.0. The van der Waals surface area contributed by atoms with E-state index in [1.165, 1.54) is 57.8 Å². The Hall–Kier alpha value is -1.84. The van der Waals surface area contributed by atoms with Crippen LogP contribution in [-0.4, -0.2) is 23.1 Å². The highest BCUT2D eigenvalue weighted by atomic mass is 16.5. The summed E-state index contributed by atoms with van der Waals surface area (Å²) >= 11 is 0. The largest absolute Gasteiger partial charge is 0.481 e. The summed E-state index contributed by atoms with van der Waals surface area (Å²) in [6.45, 7) is 4.38. The Morgan fingerprint density at radius 3 is 1.75 bits per heavy atom. The van der Waals surface area contributed by atoms with Crippen LogP contribution in [0.3, 0.4) is 0 Å². The standard InChI is InChI=1S/C32H56O4/c1-3-5-7-9-10-11-12-13-17-21-25-29-32(35)36-30(26-22-18-8-6-4-2)27-23-19-15-14-16-20-24-28-31(33)34/h6,8,22-23,26-27,30H,3-5,7,9-21,24-25,28-29H2,1-2H3,(H,33,34)/b8-6-,26-22-,27-23-/t30-/m0/s1. The van der Waals surface area contributed by atoms with E-state index in [0.717, 1.165) is 64.2 Å². The van der Waals surface area contributed by atoms with Gasteiger partial charge in [0.05, 0.1) is 0 Å². The molecule has 208 valence electrons. The number of hydrogen-bond donors (Lipinski definition) is 1. The third kappa shape index (κ3) is 26.8. The van der Waals surface area contributed by atoms with Crippen LogP contribution in [0, 0.1) is 0 Å². The number of rotatable bonds is 26. The Kier molecular flexibility index (Phi) is 26.3. The Morgan fingerprint density at radius 2 is 1.17 bits per heavy atom. The molecule has 4 nitrogen and oxygen atoms in total. The third-order valence-corrected chi connectivity index (χ3v) is 6.34. The topological polar surface area (TPSA) is 63.6 Å². The summed E-state index contributed by atoms with van der Waals surface area (Å²) in [5.41, 5.74) is 0. The van der Waals surface area contributed by atoms with Crippen LogP contribution >= 0.6 is 0 Å². The first kappa shape index (κ1) is 34.2. The number of aliphatic carboxylic acids is 1. The molecule has 0 amide bonds. The molecule has 1 atom stereocenters. The van der Waals surface area contributed by atoms with Crippen LogP contribution in [-0.2, 0) is 14.3 Å². The molecule has 0 bridgehead atoms. The van der Waals surface area contributed by atoms with Gasteiger partial charge in [-0.3, -0.25) is 9.59 Å². The first-order valence-electron chi connectivity index (χ1n) is 15.0. The summed E-state index contributed by atoms with van der Waals surface area (Å²) < 4.78 is 5.74. The molecule has 0 heterocycles. The van der Waals surface area contributed by atoms with Gasteiger partial charge in [-0.15, -0.1) is 0 Å². The minimum Gasteiger partial charge on any atom is -0.481 e. The van der Waals surface area contributed by atoms with E-state index in [1.54, 1.807) is 0 Å². The molecule has 0 aromatic carbocycles. The van der Waals surface area contributed by atoms with Crippen molar-refractivity contribution < 1.29 is 19.4 Å². The van der Waals surface area contributed by atoms with Gasteiger partial charge in [0.1, 0.15) is 6.10 Å². The van der Waals surface area contributed by atoms with Crippen molar-refractivity contribution in [2.75, 3.05) is 0 Å². The molecule has 36 heavy (non-hydrogen) atoms. The lowest BCUT2D eigenvalue weighted by molar-refractivity contribution is -0.145. The van der Waals surface area contributed by atoms with Crippen LogP contribution < -0.4 is 0 Å². The van der Waals surface area contributed by atoms with Crippen LogP contribution in [0.2, 0.25) is 0 Å². The number of hydrogen-bond acceptors (Lipinski definition) is 3. The molecular formula is C32H56O4. The lowest BCUT2D eigenvalue weighted by Crippen LogP contribution is -2.13. The third-order valence-electron chi connectivity index (χ3n) is 6.34. The molecule has 0 aromatic rings. The molecule has 4 heteroatoms. The second kappa shape index (κ2) is 27.7. The molecule has 0 aromatic heterocycles. The molecule has 0 saturated heterocycles. The second-order valence-electron chi connectivity index (χ2n) is 9.91. The van der Waals surface area contributed by atoms with E-state index in [0.29, 0.717) is 6.42 Å². The number of allylic oxidation sites excluding steroid dienone is 4. The summed E-state index contributed by atoms with van der Waals surface area (Å²) in [4.78, 5) is 22.9. The summed E-state index contributed by atoms with van der Waals surface area (Å²) in [7, 11) is 0. The molecule has 0 rings (SSSR count). The summed E-state index contributed by atoms with van der Waals surface area (Å²) in [6.07, 6.45) is 34.8. The molecule has 0 fully saturated rings. The van der Waals surface area contributed by atoms with E-state index in [9.17, 15) is 9.59 Å². The Bertz CT molecular complexity index is 591. The van der Waals surface area contributed by atoms with Gasteiger partial charge in [0.2, 0.25) is 0 Å². The summed E-state index contributed by atoms with van der Waals surface area (Å²) in [6, 6.07) is 0. The van der Waals surface area contributed by atoms with Crippen molar-refractivity contribution in [1.29, 1.82) is 0 Å². The van der Waals surface area contributed by atoms with Gasteiger partial charge in [-0.1, -0.05) is 122 Å². The molecule has 0 aliphatic rings. The number of esters is 1. The molecular weight excluding hydrogens is 448 g/mol. The van der Waals surface area contributed by atoms with E-state index in [1.807, 2.05) is 12.2 Å². The van der Waals surface area contributed by atoms with Crippen molar-refractivity contribution in [3.05, 3.63) is 36.5 Å². The van der Waals surface area contributed by atoms with Crippen molar-refractivity contribution in [3.8, 4) is 0 Å². The van der Waals surface area contributed by atoms with E-state index >= 15 is 0 Å². The van der Waals surface area contributed by atoms with Gasteiger partial charge >= 0.3 is 11.9 Å².